The van der Waals surface area contributed by atoms with E-state index in [-0.39, 0.29) is 10.7 Å². The average Bonchev–Trinajstić information content (AvgIpc) is 2.56. The zero-order chi connectivity index (χ0) is 20.1. The Morgan fingerprint density at radius 3 is 2.59 bits per heavy atom. The van der Waals surface area contributed by atoms with E-state index in [9.17, 15) is 8.78 Å². The molecular weight excluding hydrogens is 368 g/mol. The lowest BCUT2D eigenvalue weighted by Crippen LogP contribution is -2.56. The van der Waals surface area contributed by atoms with Crippen LogP contribution in [-0.2, 0) is 0 Å². The highest BCUT2D eigenvalue weighted by Gasteiger charge is 2.30. The van der Waals surface area contributed by atoms with Gasteiger partial charge in [0.2, 0.25) is 0 Å². The maximum absolute atomic E-state index is 14.7. The van der Waals surface area contributed by atoms with Crippen molar-refractivity contribution in [1.29, 1.82) is 0 Å². The lowest BCUT2D eigenvalue weighted by molar-refractivity contribution is 0.120. The van der Waals surface area contributed by atoms with Crippen LogP contribution >= 0.6 is 12.2 Å². The molecule has 1 aromatic carbocycles. The van der Waals surface area contributed by atoms with Crippen molar-refractivity contribution in [3.63, 3.8) is 0 Å². The largest absolute Gasteiger partial charge is 0.375 e. The van der Waals surface area contributed by atoms with E-state index in [1.807, 2.05) is 4.90 Å². The van der Waals surface area contributed by atoms with Gasteiger partial charge in [0.1, 0.15) is 11.6 Å². The fraction of sp³-hybridized carbons (Fsp3) is 0.579. The Hall–Kier alpha value is -1.80. The maximum Gasteiger partial charge on any atom is 0.184 e. The Bertz CT molecular complexity index is 693. The van der Waals surface area contributed by atoms with Gasteiger partial charge in [-0.25, -0.2) is 8.78 Å². The summed E-state index contributed by atoms with van der Waals surface area (Å²) in [7, 11) is 0. The molecule has 1 fully saturated rings. The van der Waals surface area contributed by atoms with Crippen LogP contribution < -0.4 is 16.1 Å². The van der Waals surface area contributed by atoms with Crippen molar-refractivity contribution in [3.8, 4) is 0 Å². The molecule has 0 unspecified atom stereocenters. The summed E-state index contributed by atoms with van der Waals surface area (Å²) >= 11 is 4.62. The number of anilines is 1. The molecule has 0 amide bonds. The number of nitrogens with zero attached hydrogens (tertiary/aromatic N) is 3. The number of hydrazone groups is 1. The average molecular weight is 398 g/mol. The van der Waals surface area contributed by atoms with Crippen LogP contribution in [0.3, 0.4) is 0 Å². The second-order valence-corrected chi connectivity index (χ2v) is 8.06. The minimum absolute atomic E-state index is 0.0389. The van der Waals surface area contributed by atoms with Gasteiger partial charge in [0.25, 0.3) is 0 Å². The Morgan fingerprint density at radius 2 is 2.00 bits per heavy atom. The number of benzene rings is 1. The maximum atomic E-state index is 14.7. The summed E-state index contributed by atoms with van der Waals surface area (Å²) < 4.78 is 29.1. The standard InChI is InChI=1S/C19H29F2N5S/c1-12(2)7-15-11-25(5-6-26(15)13(3)4)18-9-16(20)14(8-17(18)21)10-23-24-19(22)27/h8-10,12-13,15H,5-7,11H2,1-4H3,(H3,22,24,27)/t15-/m0/s1. The van der Waals surface area contributed by atoms with Crippen molar-refractivity contribution >= 4 is 29.2 Å². The van der Waals surface area contributed by atoms with Crippen molar-refractivity contribution in [2.45, 2.75) is 46.2 Å². The highest BCUT2D eigenvalue weighted by Crippen LogP contribution is 2.27. The molecule has 0 radical (unpaired) electrons. The van der Waals surface area contributed by atoms with Gasteiger partial charge in [-0.15, -0.1) is 0 Å². The van der Waals surface area contributed by atoms with E-state index in [4.69, 9.17) is 5.73 Å². The highest BCUT2D eigenvalue weighted by molar-refractivity contribution is 7.80. The van der Waals surface area contributed by atoms with E-state index >= 15 is 0 Å². The smallest absolute Gasteiger partial charge is 0.184 e. The molecule has 0 bridgehead atoms. The number of thiocarbonyl (C=S) groups is 1. The zero-order valence-corrected chi connectivity index (χ0v) is 17.2. The number of nitrogens with one attached hydrogen (secondary N) is 1. The zero-order valence-electron chi connectivity index (χ0n) is 16.4. The van der Waals surface area contributed by atoms with Crippen LogP contribution in [0.2, 0.25) is 0 Å². The SMILES string of the molecule is CC(C)C[C@H]1CN(c2cc(F)c(C=NNC(N)=S)cc2F)CCN1C(C)C. The molecule has 0 saturated carbocycles. The molecule has 8 heteroatoms. The van der Waals surface area contributed by atoms with E-state index in [0.29, 0.717) is 36.8 Å². The molecule has 0 spiro atoms. The van der Waals surface area contributed by atoms with E-state index < -0.39 is 11.6 Å². The van der Waals surface area contributed by atoms with Crippen molar-refractivity contribution in [3.05, 3.63) is 29.3 Å². The molecule has 1 atom stereocenters. The lowest BCUT2D eigenvalue weighted by atomic mass is 9.98. The number of halogens is 2. The minimum atomic E-state index is -0.536. The second-order valence-electron chi connectivity index (χ2n) is 7.62. The van der Waals surface area contributed by atoms with Gasteiger partial charge in [-0.05, 0) is 44.5 Å². The predicted octanol–water partition coefficient (Wildman–Crippen LogP) is 3.08. The van der Waals surface area contributed by atoms with E-state index in [1.54, 1.807) is 0 Å². The first-order valence-corrected chi connectivity index (χ1v) is 9.68. The second kappa shape index (κ2) is 9.41. The first-order valence-electron chi connectivity index (χ1n) is 9.27. The molecule has 0 aliphatic carbocycles. The van der Waals surface area contributed by atoms with Gasteiger partial charge in [0.15, 0.2) is 5.11 Å². The molecule has 1 aliphatic rings. The van der Waals surface area contributed by atoms with Crippen molar-refractivity contribution < 1.29 is 8.78 Å². The molecule has 1 aromatic rings. The summed E-state index contributed by atoms with van der Waals surface area (Å²) in [5.41, 5.74) is 7.92. The van der Waals surface area contributed by atoms with Crippen LogP contribution in [0.4, 0.5) is 14.5 Å². The van der Waals surface area contributed by atoms with E-state index in [2.05, 4.69) is 55.3 Å². The molecule has 1 aliphatic heterocycles. The predicted molar refractivity (Wildman–Crippen MR) is 111 cm³/mol. The van der Waals surface area contributed by atoms with Gasteiger partial charge in [-0.1, -0.05) is 13.8 Å². The number of hydrogen-bond donors (Lipinski definition) is 2. The van der Waals surface area contributed by atoms with E-state index in [0.717, 1.165) is 19.0 Å². The molecule has 27 heavy (non-hydrogen) atoms. The molecular formula is C19H29F2N5S. The lowest BCUT2D eigenvalue weighted by Gasteiger charge is -2.45. The summed E-state index contributed by atoms with van der Waals surface area (Å²) in [6.07, 6.45) is 2.19. The van der Waals surface area contributed by atoms with Crippen molar-refractivity contribution in [1.82, 2.24) is 10.3 Å². The minimum Gasteiger partial charge on any atom is -0.375 e. The van der Waals surface area contributed by atoms with E-state index in [1.165, 1.54) is 12.3 Å². The van der Waals surface area contributed by atoms with Gasteiger partial charge >= 0.3 is 0 Å². The Labute approximate surface area is 165 Å². The molecule has 150 valence electrons. The number of piperazine rings is 1. The van der Waals surface area contributed by atoms with Crippen LogP contribution in [0.25, 0.3) is 0 Å². The molecule has 1 heterocycles. The number of nitrogens with two attached hydrogens (primary N) is 1. The summed E-state index contributed by atoms with van der Waals surface area (Å²) in [5, 5.41) is 3.65. The van der Waals surface area contributed by atoms with Gasteiger partial charge in [0.05, 0.1) is 11.9 Å². The molecule has 3 N–H and O–H groups in total. The molecule has 5 nitrogen and oxygen atoms in total. The monoisotopic (exact) mass is 397 g/mol. The number of hydrogen-bond acceptors (Lipinski definition) is 4. The normalized spacial score (nSPS) is 18.7. The van der Waals surface area contributed by atoms with Crippen LogP contribution in [0, 0.1) is 17.6 Å². The third-order valence-corrected chi connectivity index (χ3v) is 4.81. The van der Waals surface area contributed by atoms with Gasteiger partial charge < -0.3 is 10.6 Å². The third-order valence-electron chi connectivity index (χ3n) is 4.72. The van der Waals surface area contributed by atoms with Gasteiger partial charge in [-0.3, -0.25) is 10.3 Å². The first kappa shape index (κ1) is 21.5. The first-order chi connectivity index (χ1) is 12.7. The van der Waals surface area contributed by atoms with Crippen molar-refractivity contribution in [2.75, 3.05) is 24.5 Å². The summed E-state index contributed by atoms with van der Waals surface area (Å²) in [6.45, 7) is 10.9. The van der Waals surface area contributed by atoms with Crippen molar-refractivity contribution in [2.24, 2.45) is 16.8 Å². The highest BCUT2D eigenvalue weighted by atomic mass is 32.1. The molecule has 1 saturated heterocycles. The van der Waals surface area contributed by atoms with Gasteiger partial charge in [-0.2, -0.15) is 5.10 Å². The fourth-order valence-corrected chi connectivity index (χ4v) is 3.63. The quantitative estimate of drug-likeness (QED) is 0.439. The fourth-order valence-electron chi connectivity index (χ4n) is 3.58. The summed E-state index contributed by atoms with van der Waals surface area (Å²) in [5.74, 6) is -0.460. The van der Waals surface area contributed by atoms with Crippen LogP contribution in [0.1, 0.15) is 39.7 Å². The van der Waals surface area contributed by atoms with Gasteiger partial charge in [0, 0.05) is 43.3 Å². The molecule has 2 rings (SSSR count). The van der Waals surface area contributed by atoms with Crippen LogP contribution in [0.5, 0.6) is 0 Å². The Morgan fingerprint density at radius 1 is 1.30 bits per heavy atom. The number of rotatable bonds is 6. The third kappa shape index (κ3) is 5.84. The molecule has 0 aromatic heterocycles. The Balaban J connectivity index is 2.21. The summed E-state index contributed by atoms with van der Waals surface area (Å²) in [4.78, 5) is 4.39. The Kier molecular flexibility index (Phi) is 7.49. The topological polar surface area (TPSA) is 56.9 Å². The summed E-state index contributed by atoms with van der Waals surface area (Å²) in [6, 6.07) is 3.14. The van der Waals surface area contributed by atoms with Crippen LogP contribution in [-0.4, -0.2) is 47.9 Å². The van der Waals surface area contributed by atoms with Crippen LogP contribution in [0.15, 0.2) is 17.2 Å².